The van der Waals surface area contributed by atoms with Gasteiger partial charge in [0.25, 0.3) is 5.56 Å². The number of unbranched alkanes of at least 4 members (excludes halogenated alkanes) is 1. The molecule has 0 radical (unpaired) electrons. The normalized spacial score (nSPS) is 11.2. The summed E-state index contributed by atoms with van der Waals surface area (Å²) in [4.78, 5) is 28.5. The van der Waals surface area contributed by atoms with E-state index in [0.717, 1.165) is 17.4 Å². The van der Waals surface area contributed by atoms with Crippen LogP contribution in [0.5, 0.6) is 5.75 Å². The van der Waals surface area contributed by atoms with Crippen molar-refractivity contribution < 1.29 is 4.74 Å². The summed E-state index contributed by atoms with van der Waals surface area (Å²) < 4.78 is 9.92. The highest BCUT2D eigenvalue weighted by Crippen LogP contribution is 2.23. The molecule has 0 N–H and O–H groups in total. The van der Waals surface area contributed by atoms with E-state index in [-0.39, 0.29) is 11.2 Å². The van der Waals surface area contributed by atoms with Crippen LogP contribution in [0.3, 0.4) is 0 Å². The van der Waals surface area contributed by atoms with E-state index < -0.39 is 0 Å². The number of rotatable bonds is 6. The van der Waals surface area contributed by atoms with Crippen LogP contribution < -0.4 is 16.0 Å². The largest absolute Gasteiger partial charge is 0.492 e. The molecule has 0 saturated carbocycles. The molecule has 0 aliphatic carbocycles. The Hall–Kier alpha value is -2.54. The molecule has 132 valence electrons. The molecule has 0 spiro atoms. The molecule has 1 aromatic carbocycles. The van der Waals surface area contributed by atoms with Gasteiger partial charge in [-0.3, -0.25) is 13.9 Å². The summed E-state index contributed by atoms with van der Waals surface area (Å²) in [7, 11) is 3.08. The lowest BCUT2D eigenvalue weighted by atomic mass is 10.3. The average Bonchev–Trinajstić information content (AvgIpc) is 3.03. The smallest absolute Gasteiger partial charge is 0.332 e. The van der Waals surface area contributed by atoms with Gasteiger partial charge in [-0.25, -0.2) is 9.78 Å². The van der Waals surface area contributed by atoms with Gasteiger partial charge in [-0.2, -0.15) is 0 Å². The number of hydrogen-bond donors (Lipinski definition) is 0. The second-order valence-electron chi connectivity index (χ2n) is 5.80. The van der Waals surface area contributed by atoms with Gasteiger partial charge in [0.05, 0.1) is 18.0 Å². The molecule has 0 unspecified atom stereocenters. The monoisotopic (exact) mass is 362 g/mol. The highest BCUT2D eigenvalue weighted by molar-refractivity contribution is 6.32. The molecule has 25 heavy (non-hydrogen) atoms. The third kappa shape index (κ3) is 3.32. The summed E-state index contributed by atoms with van der Waals surface area (Å²) in [6.45, 7) is 1.16. The fourth-order valence-corrected chi connectivity index (χ4v) is 2.88. The lowest BCUT2D eigenvalue weighted by Crippen LogP contribution is -2.37. The first-order chi connectivity index (χ1) is 12.0. The predicted octanol–water partition coefficient (Wildman–Crippen LogP) is 1.95. The fraction of sp³-hybridized carbons (Fsp3) is 0.353. The minimum absolute atomic E-state index is 0.331. The predicted molar refractivity (Wildman–Crippen MR) is 96.4 cm³/mol. The lowest BCUT2D eigenvalue weighted by Gasteiger charge is -2.09. The molecular weight excluding hydrogens is 344 g/mol. The molecule has 0 saturated heterocycles. The summed E-state index contributed by atoms with van der Waals surface area (Å²) in [5.74, 6) is 0.668. The van der Waals surface area contributed by atoms with E-state index in [9.17, 15) is 9.59 Å². The van der Waals surface area contributed by atoms with Crippen molar-refractivity contribution in [2.45, 2.75) is 19.4 Å². The van der Waals surface area contributed by atoms with E-state index in [1.807, 2.05) is 18.2 Å². The van der Waals surface area contributed by atoms with Crippen LogP contribution in [0, 0.1) is 0 Å². The highest BCUT2D eigenvalue weighted by Gasteiger charge is 2.13. The summed E-state index contributed by atoms with van der Waals surface area (Å²) in [6.07, 6.45) is 3.21. The third-order valence-electron chi connectivity index (χ3n) is 4.10. The van der Waals surface area contributed by atoms with Gasteiger partial charge in [-0.1, -0.05) is 23.7 Å². The minimum atomic E-state index is -0.379. The molecule has 2 heterocycles. The van der Waals surface area contributed by atoms with Crippen LogP contribution in [0.4, 0.5) is 0 Å². The van der Waals surface area contributed by atoms with Crippen LogP contribution in [0.15, 0.2) is 40.2 Å². The Morgan fingerprint density at radius 3 is 2.64 bits per heavy atom. The summed E-state index contributed by atoms with van der Waals surface area (Å²) in [5.41, 5.74) is 0.135. The van der Waals surface area contributed by atoms with E-state index >= 15 is 0 Å². The molecule has 3 rings (SSSR count). The first kappa shape index (κ1) is 17.3. The molecule has 0 bridgehead atoms. The molecule has 7 nitrogen and oxygen atoms in total. The van der Waals surface area contributed by atoms with E-state index in [0.29, 0.717) is 35.1 Å². The van der Waals surface area contributed by atoms with Gasteiger partial charge in [0, 0.05) is 20.6 Å². The van der Waals surface area contributed by atoms with Gasteiger partial charge in [0.1, 0.15) is 5.75 Å². The Balaban J connectivity index is 1.66. The molecule has 8 heteroatoms. The average molecular weight is 363 g/mol. The molecule has 0 atom stereocenters. The number of hydrogen-bond acceptors (Lipinski definition) is 4. The number of benzene rings is 1. The van der Waals surface area contributed by atoms with Crippen molar-refractivity contribution in [1.82, 2.24) is 18.7 Å². The number of aryl methyl sites for hydroxylation is 2. The first-order valence-electron chi connectivity index (χ1n) is 7.99. The molecule has 3 aromatic rings. The Morgan fingerprint density at radius 1 is 1.12 bits per heavy atom. The van der Waals surface area contributed by atoms with Crippen molar-refractivity contribution in [2.75, 3.05) is 6.61 Å². The van der Waals surface area contributed by atoms with Crippen LogP contribution in [-0.2, 0) is 20.6 Å². The maximum absolute atomic E-state index is 12.3. The number of para-hydroxylation sites is 1. The van der Waals surface area contributed by atoms with Crippen molar-refractivity contribution in [2.24, 2.45) is 14.1 Å². The third-order valence-corrected chi connectivity index (χ3v) is 4.42. The molecule has 0 amide bonds. The SMILES string of the molecule is Cn1c(=O)c2c(ncn2CCCCOc2ccccc2Cl)n(C)c1=O. The number of nitrogens with zero attached hydrogens (tertiary/aromatic N) is 4. The maximum atomic E-state index is 12.3. The number of aromatic nitrogens is 4. The lowest BCUT2D eigenvalue weighted by molar-refractivity contribution is 0.303. The Labute approximate surface area is 149 Å². The van der Waals surface area contributed by atoms with Gasteiger partial charge < -0.3 is 9.30 Å². The summed E-state index contributed by atoms with van der Waals surface area (Å²) in [6, 6.07) is 7.34. The van der Waals surface area contributed by atoms with Crippen LogP contribution in [-0.4, -0.2) is 25.3 Å². The number of ether oxygens (including phenoxy) is 1. The van der Waals surface area contributed by atoms with Gasteiger partial charge in [0.2, 0.25) is 0 Å². The van der Waals surface area contributed by atoms with Crippen LogP contribution in [0.25, 0.3) is 11.2 Å². The topological polar surface area (TPSA) is 71.0 Å². The van der Waals surface area contributed by atoms with E-state index in [1.54, 1.807) is 24.0 Å². The standard InChI is InChI=1S/C17H19ClN4O3/c1-20-15-14(16(23)21(2)17(20)24)22(11-19-15)9-5-6-10-25-13-8-4-3-7-12(13)18/h3-4,7-8,11H,5-6,9-10H2,1-2H3. The van der Waals surface area contributed by atoms with Gasteiger partial charge in [-0.05, 0) is 25.0 Å². The van der Waals surface area contributed by atoms with Crippen molar-refractivity contribution >= 4 is 22.8 Å². The van der Waals surface area contributed by atoms with Gasteiger partial charge >= 0.3 is 5.69 Å². The summed E-state index contributed by atoms with van der Waals surface area (Å²) >= 11 is 6.04. The number of imidazole rings is 1. The Kier molecular flexibility index (Phi) is 4.94. The minimum Gasteiger partial charge on any atom is -0.492 e. The molecule has 0 aliphatic rings. The quantitative estimate of drug-likeness (QED) is 0.628. The highest BCUT2D eigenvalue weighted by atomic mass is 35.5. The molecule has 0 aliphatic heterocycles. The van der Waals surface area contributed by atoms with Gasteiger partial charge in [0.15, 0.2) is 11.2 Å². The number of fused-ring (bicyclic) bond motifs is 1. The van der Waals surface area contributed by atoms with E-state index in [2.05, 4.69) is 4.98 Å². The van der Waals surface area contributed by atoms with Crippen molar-refractivity contribution in [3.05, 3.63) is 56.5 Å². The zero-order chi connectivity index (χ0) is 18.0. The molecule has 0 fully saturated rings. The fourth-order valence-electron chi connectivity index (χ4n) is 2.69. The second kappa shape index (κ2) is 7.14. The molecular formula is C17H19ClN4O3. The van der Waals surface area contributed by atoms with Crippen molar-refractivity contribution in [3.63, 3.8) is 0 Å². The van der Waals surface area contributed by atoms with E-state index in [1.165, 1.54) is 11.6 Å². The van der Waals surface area contributed by atoms with Crippen LogP contribution >= 0.6 is 11.6 Å². The van der Waals surface area contributed by atoms with Crippen molar-refractivity contribution in [3.8, 4) is 5.75 Å². The van der Waals surface area contributed by atoms with Gasteiger partial charge in [-0.15, -0.1) is 0 Å². The van der Waals surface area contributed by atoms with Crippen LogP contribution in [0.1, 0.15) is 12.8 Å². The van der Waals surface area contributed by atoms with E-state index in [4.69, 9.17) is 16.3 Å². The summed E-state index contributed by atoms with van der Waals surface area (Å²) in [5, 5.41) is 0.590. The zero-order valence-corrected chi connectivity index (χ0v) is 14.9. The Bertz CT molecular complexity index is 1020. The second-order valence-corrected chi connectivity index (χ2v) is 6.21. The van der Waals surface area contributed by atoms with Crippen molar-refractivity contribution in [1.29, 1.82) is 0 Å². The maximum Gasteiger partial charge on any atom is 0.332 e. The number of halogens is 1. The zero-order valence-electron chi connectivity index (χ0n) is 14.1. The molecule has 2 aromatic heterocycles. The first-order valence-corrected chi connectivity index (χ1v) is 8.36. The van der Waals surface area contributed by atoms with Crippen LogP contribution in [0.2, 0.25) is 5.02 Å². The Morgan fingerprint density at radius 2 is 1.88 bits per heavy atom.